The summed E-state index contributed by atoms with van der Waals surface area (Å²) in [7, 11) is -2.08. The van der Waals surface area contributed by atoms with E-state index in [2.05, 4.69) is 9.62 Å². The highest BCUT2D eigenvalue weighted by atomic mass is 32.2. The number of rotatable bonds is 6. The minimum atomic E-state index is -3.55. The lowest BCUT2D eigenvalue weighted by Gasteiger charge is -2.23. The second kappa shape index (κ2) is 6.64. The van der Waals surface area contributed by atoms with E-state index in [1.54, 1.807) is 0 Å². The summed E-state index contributed by atoms with van der Waals surface area (Å²) in [4.78, 5) is 2.47. The molecule has 0 spiro atoms. The Labute approximate surface area is 126 Å². The standard InChI is InChI=1S/C14H23N3O3S/c1-11(17-7-3-4-8-17)10-16-21(18,19)12-5-6-13(15)14(9-12)20-2/h5-6,9,11,16H,3-4,7-8,10,15H2,1-2H3. The van der Waals surface area contributed by atoms with E-state index >= 15 is 0 Å². The van der Waals surface area contributed by atoms with Crippen molar-refractivity contribution in [2.45, 2.75) is 30.7 Å². The van der Waals surface area contributed by atoms with Gasteiger partial charge in [0.2, 0.25) is 10.0 Å². The molecular formula is C14H23N3O3S. The molecule has 1 fully saturated rings. The summed E-state index contributed by atoms with van der Waals surface area (Å²) >= 11 is 0. The summed E-state index contributed by atoms with van der Waals surface area (Å²) in [5, 5.41) is 0. The first-order valence-electron chi connectivity index (χ1n) is 7.11. The van der Waals surface area contributed by atoms with E-state index in [9.17, 15) is 8.42 Å². The predicted octanol–water partition coefficient (Wildman–Crippen LogP) is 1.04. The first-order valence-corrected chi connectivity index (χ1v) is 8.59. The lowest BCUT2D eigenvalue weighted by molar-refractivity contribution is 0.260. The third-order valence-corrected chi connectivity index (χ3v) is 5.27. The molecule has 1 aliphatic rings. The second-order valence-electron chi connectivity index (χ2n) is 5.35. The average Bonchev–Trinajstić information content (AvgIpc) is 2.99. The van der Waals surface area contributed by atoms with Gasteiger partial charge < -0.3 is 10.5 Å². The van der Waals surface area contributed by atoms with Gasteiger partial charge in [0.05, 0.1) is 17.7 Å². The van der Waals surface area contributed by atoms with Crippen LogP contribution in [-0.4, -0.2) is 46.1 Å². The van der Waals surface area contributed by atoms with Crippen molar-refractivity contribution in [3.8, 4) is 5.75 Å². The van der Waals surface area contributed by atoms with Gasteiger partial charge in [-0.15, -0.1) is 0 Å². The normalized spacial score (nSPS) is 17.8. The summed E-state index contributed by atoms with van der Waals surface area (Å²) < 4.78 is 32.3. The van der Waals surface area contributed by atoms with Crippen LogP contribution in [-0.2, 0) is 10.0 Å². The van der Waals surface area contributed by atoms with Crippen molar-refractivity contribution < 1.29 is 13.2 Å². The maximum Gasteiger partial charge on any atom is 0.240 e. The first kappa shape index (κ1) is 16.1. The van der Waals surface area contributed by atoms with Crippen molar-refractivity contribution in [1.29, 1.82) is 0 Å². The smallest absolute Gasteiger partial charge is 0.240 e. The summed E-state index contributed by atoms with van der Waals surface area (Å²) in [6.45, 7) is 4.52. The van der Waals surface area contributed by atoms with Crippen LogP contribution in [0.2, 0.25) is 0 Å². The largest absolute Gasteiger partial charge is 0.495 e. The molecule has 0 aromatic heterocycles. The van der Waals surface area contributed by atoms with Crippen molar-refractivity contribution in [3.63, 3.8) is 0 Å². The van der Waals surface area contributed by atoms with Crippen LogP contribution in [0.25, 0.3) is 0 Å². The molecule has 6 nitrogen and oxygen atoms in total. The average molecular weight is 313 g/mol. The highest BCUT2D eigenvalue weighted by Crippen LogP contribution is 2.24. The van der Waals surface area contributed by atoms with Gasteiger partial charge in [-0.2, -0.15) is 0 Å². The number of anilines is 1. The Hall–Kier alpha value is -1.31. The van der Waals surface area contributed by atoms with Gasteiger partial charge in [-0.3, -0.25) is 4.90 Å². The lowest BCUT2D eigenvalue weighted by atomic mass is 10.3. The Morgan fingerprint density at radius 2 is 2.05 bits per heavy atom. The molecule has 0 aliphatic carbocycles. The SMILES string of the molecule is COc1cc(S(=O)(=O)NCC(C)N2CCCC2)ccc1N. The quantitative estimate of drug-likeness (QED) is 0.767. The maximum atomic E-state index is 12.3. The van der Waals surface area contributed by atoms with Gasteiger partial charge in [-0.25, -0.2) is 13.1 Å². The van der Waals surface area contributed by atoms with Gasteiger partial charge in [0.1, 0.15) is 5.75 Å². The van der Waals surface area contributed by atoms with Crippen molar-refractivity contribution in [2.75, 3.05) is 32.5 Å². The zero-order valence-corrected chi connectivity index (χ0v) is 13.3. The Kier molecular flexibility index (Phi) is 5.08. The Bertz CT molecular complexity index is 583. The number of nitrogens with zero attached hydrogens (tertiary/aromatic N) is 1. The fourth-order valence-corrected chi connectivity index (χ4v) is 3.62. The van der Waals surface area contributed by atoms with Crippen LogP contribution < -0.4 is 15.2 Å². The molecule has 1 atom stereocenters. The van der Waals surface area contributed by atoms with Crippen LogP contribution in [0.5, 0.6) is 5.75 Å². The molecule has 0 amide bonds. The number of hydrogen-bond acceptors (Lipinski definition) is 5. The minimum absolute atomic E-state index is 0.169. The Morgan fingerprint density at radius 1 is 1.38 bits per heavy atom. The van der Waals surface area contributed by atoms with Gasteiger partial charge in [-0.05, 0) is 45.0 Å². The van der Waals surface area contributed by atoms with E-state index in [-0.39, 0.29) is 10.9 Å². The molecule has 1 saturated heterocycles. The first-order chi connectivity index (χ1) is 9.94. The van der Waals surface area contributed by atoms with Crippen molar-refractivity contribution in [3.05, 3.63) is 18.2 Å². The van der Waals surface area contributed by atoms with Gasteiger partial charge in [0.15, 0.2) is 0 Å². The molecule has 1 aromatic rings. The number of sulfonamides is 1. The topological polar surface area (TPSA) is 84.7 Å². The van der Waals surface area contributed by atoms with Crippen LogP contribution in [0.3, 0.4) is 0 Å². The maximum absolute atomic E-state index is 12.3. The van der Waals surface area contributed by atoms with E-state index in [1.807, 2.05) is 6.92 Å². The summed E-state index contributed by atoms with van der Waals surface area (Å²) in [6, 6.07) is 4.66. The third-order valence-electron chi connectivity index (χ3n) is 3.85. The van der Waals surface area contributed by atoms with Crippen LogP contribution in [0.4, 0.5) is 5.69 Å². The molecule has 1 aromatic carbocycles. The van der Waals surface area contributed by atoms with Gasteiger partial charge >= 0.3 is 0 Å². The van der Waals surface area contributed by atoms with Gasteiger partial charge in [0, 0.05) is 18.7 Å². The molecule has 1 unspecified atom stereocenters. The molecule has 1 heterocycles. The highest BCUT2D eigenvalue weighted by molar-refractivity contribution is 7.89. The Morgan fingerprint density at radius 3 is 2.67 bits per heavy atom. The number of ether oxygens (including phenoxy) is 1. The van der Waals surface area contributed by atoms with E-state index in [4.69, 9.17) is 10.5 Å². The third kappa shape index (κ3) is 3.87. The second-order valence-corrected chi connectivity index (χ2v) is 7.11. The van der Waals surface area contributed by atoms with Gasteiger partial charge in [-0.1, -0.05) is 0 Å². The summed E-state index contributed by atoms with van der Waals surface area (Å²) in [6.07, 6.45) is 2.37. The van der Waals surface area contributed by atoms with Crippen LogP contribution in [0.15, 0.2) is 23.1 Å². The molecule has 118 valence electrons. The molecule has 0 saturated carbocycles. The molecule has 7 heteroatoms. The van der Waals surface area contributed by atoms with Crippen LogP contribution in [0, 0.1) is 0 Å². The zero-order chi connectivity index (χ0) is 15.5. The summed E-state index contributed by atoms with van der Waals surface area (Å²) in [5.74, 6) is 0.366. The molecule has 0 bridgehead atoms. The van der Waals surface area contributed by atoms with Gasteiger partial charge in [0.25, 0.3) is 0 Å². The molecule has 1 aliphatic heterocycles. The molecular weight excluding hydrogens is 290 g/mol. The zero-order valence-electron chi connectivity index (χ0n) is 12.5. The molecule has 3 N–H and O–H groups in total. The van der Waals surface area contributed by atoms with E-state index < -0.39 is 10.0 Å². The number of hydrogen-bond donors (Lipinski definition) is 2. The lowest BCUT2D eigenvalue weighted by Crippen LogP contribution is -2.40. The predicted molar refractivity (Wildman–Crippen MR) is 82.9 cm³/mol. The monoisotopic (exact) mass is 313 g/mol. The molecule has 2 rings (SSSR count). The van der Waals surface area contributed by atoms with E-state index in [1.165, 1.54) is 38.2 Å². The molecule has 0 radical (unpaired) electrons. The van der Waals surface area contributed by atoms with Crippen LogP contribution in [0.1, 0.15) is 19.8 Å². The van der Waals surface area contributed by atoms with E-state index in [0.717, 1.165) is 13.1 Å². The fourth-order valence-electron chi connectivity index (χ4n) is 2.48. The number of benzene rings is 1. The number of nitrogens with one attached hydrogen (secondary N) is 1. The number of nitrogens with two attached hydrogens (primary N) is 1. The fraction of sp³-hybridized carbons (Fsp3) is 0.571. The number of likely N-dealkylation sites (tertiary alicyclic amines) is 1. The summed E-state index contributed by atoms with van der Waals surface area (Å²) in [5.41, 5.74) is 6.12. The van der Waals surface area contributed by atoms with Crippen molar-refractivity contribution in [2.24, 2.45) is 0 Å². The van der Waals surface area contributed by atoms with Crippen LogP contribution >= 0.6 is 0 Å². The number of methoxy groups -OCH3 is 1. The minimum Gasteiger partial charge on any atom is -0.495 e. The highest BCUT2D eigenvalue weighted by Gasteiger charge is 2.21. The van der Waals surface area contributed by atoms with Crippen molar-refractivity contribution in [1.82, 2.24) is 9.62 Å². The number of nitrogen functional groups attached to an aromatic ring is 1. The molecule has 21 heavy (non-hydrogen) atoms. The van der Waals surface area contributed by atoms with E-state index in [0.29, 0.717) is 18.0 Å². The van der Waals surface area contributed by atoms with Crippen molar-refractivity contribution >= 4 is 15.7 Å². The Balaban J connectivity index is 2.04.